The minimum absolute atomic E-state index is 0.0420. The summed E-state index contributed by atoms with van der Waals surface area (Å²) in [5.74, 6) is 1.36. The molecule has 9 heteroatoms. The highest BCUT2D eigenvalue weighted by Gasteiger charge is 2.25. The second-order valence-corrected chi connectivity index (χ2v) is 8.79. The molecule has 4 aromatic rings. The molecular formula is C25H28N8O. The van der Waals surface area contributed by atoms with E-state index in [0.717, 1.165) is 41.3 Å². The van der Waals surface area contributed by atoms with Crippen molar-refractivity contribution in [3.63, 3.8) is 0 Å². The number of amides is 1. The summed E-state index contributed by atoms with van der Waals surface area (Å²) in [5.41, 5.74) is 6.11. The molecule has 1 aliphatic rings. The highest BCUT2D eigenvalue weighted by Crippen LogP contribution is 2.26. The van der Waals surface area contributed by atoms with E-state index in [1.807, 2.05) is 68.1 Å². The van der Waals surface area contributed by atoms with Crippen LogP contribution < -0.4 is 15.5 Å². The van der Waals surface area contributed by atoms with Crippen LogP contribution in [0, 0.1) is 0 Å². The molecule has 4 heterocycles. The van der Waals surface area contributed by atoms with Crippen molar-refractivity contribution in [1.82, 2.24) is 30.0 Å². The number of benzene rings is 1. The molecule has 1 amide bonds. The molecule has 1 aliphatic heterocycles. The van der Waals surface area contributed by atoms with Gasteiger partial charge in [0.25, 0.3) is 5.91 Å². The molecular weight excluding hydrogens is 428 g/mol. The van der Waals surface area contributed by atoms with Gasteiger partial charge in [-0.3, -0.25) is 9.89 Å². The lowest BCUT2D eigenvalue weighted by Crippen LogP contribution is -2.33. The number of hydrogen-bond acceptors (Lipinski definition) is 6. The lowest BCUT2D eigenvalue weighted by Gasteiger charge is -2.28. The van der Waals surface area contributed by atoms with Crippen LogP contribution in [0.4, 0.5) is 17.5 Å². The fourth-order valence-electron chi connectivity index (χ4n) is 4.24. The number of rotatable bonds is 6. The average molecular weight is 457 g/mol. The van der Waals surface area contributed by atoms with Crippen molar-refractivity contribution in [2.45, 2.75) is 32.9 Å². The summed E-state index contributed by atoms with van der Waals surface area (Å²) in [6, 6.07) is 12.1. The molecule has 34 heavy (non-hydrogen) atoms. The zero-order chi connectivity index (χ0) is 23.7. The van der Waals surface area contributed by atoms with Crippen molar-refractivity contribution in [1.29, 1.82) is 0 Å². The van der Waals surface area contributed by atoms with E-state index < -0.39 is 0 Å². The number of nitrogens with one attached hydrogen (secondary N) is 3. The van der Waals surface area contributed by atoms with Crippen LogP contribution in [0.1, 0.15) is 35.6 Å². The summed E-state index contributed by atoms with van der Waals surface area (Å²) < 4.78 is 1.99. The number of anilines is 3. The summed E-state index contributed by atoms with van der Waals surface area (Å²) in [7, 11) is 1.95. The van der Waals surface area contributed by atoms with Crippen LogP contribution in [0.25, 0.3) is 11.1 Å². The maximum atomic E-state index is 12.6. The molecule has 0 atom stereocenters. The molecule has 3 N–H and O–H groups in total. The number of aromatic nitrogens is 5. The third-order valence-electron chi connectivity index (χ3n) is 6.01. The van der Waals surface area contributed by atoms with Crippen LogP contribution in [0.5, 0.6) is 0 Å². The smallest absolute Gasteiger partial charge is 0.268 e. The van der Waals surface area contributed by atoms with Crippen molar-refractivity contribution in [3.8, 4) is 11.1 Å². The molecule has 0 bridgehead atoms. The Labute approximate surface area is 198 Å². The largest absolute Gasteiger partial charge is 0.349 e. The first kappa shape index (κ1) is 21.7. The first-order chi connectivity index (χ1) is 16.5. The SMILES string of the molecule is CC(C)NC(=O)c1cc2c(n1C)CN(c1nccc(Nc3ccc(-c4cn[nH]c4)cc3)n1)CC2. The normalized spacial score (nSPS) is 13.1. The zero-order valence-electron chi connectivity index (χ0n) is 19.5. The first-order valence-electron chi connectivity index (χ1n) is 11.4. The second kappa shape index (κ2) is 9.01. The van der Waals surface area contributed by atoms with Crippen molar-refractivity contribution in [2.75, 3.05) is 16.8 Å². The number of fused-ring (bicyclic) bond motifs is 1. The van der Waals surface area contributed by atoms with Gasteiger partial charge in [-0.15, -0.1) is 0 Å². The summed E-state index contributed by atoms with van der Waals surface area (Å²) in [4.78, 5) is 24.0. The first-order valence-corrected chi connectivity index (χ1v) is 11.4. The van der Waals surface area contributed by atoms with Gasteiger partial charge in [-0.2, -0.15) is 10.1 Å². The molecule has 0 spiro atoms. The molecule has 5 rings (SSSR count). The van der Waals surface area contributed by atoms with Gasteiger partial charge < -0.3 is 20.1 Å². The van der Waals surface area contributed by atoms with Crippen LogP contribution in [-0.4, -0.2) is 43.2 Å². The highest BCUT2D eigenvalue weighted by molar-refractivity contribution is 5.93. The number of H-pyrrole nitrogens is 1. The molecule has 0 unspecified atom stereocenters. The Bertz CT molecular complexity index is 1290. The number of carbonyl (C=O) groups excluding carboxylic acids is 1. The Morgan fingerprint density at radius 1 is 1.15 bits per heavy atom. The van der Waals surface area contributed by atoms with Gasteiger partial charge in [0, 0.05) is 49.0 Å². The second-order valence-electron chi connectivity index (χ2n) is 8.79. The molecule has 0 saturated heterocycles. The van der Waals surface area contributed by atoms with E-state index in [1.54, 1.807) is 12.4 Å². The summed E-state index contributed by atoms with van der Waals surface area (Å²) in [6.07, 6.45) is 6.28. The Morgan fingerprint density at radius 2 is 1.97 bits per heavy atom. The number of aromatic amines is 1. The van der Waals surface area contributed by atoms with Crippen molar-refractivity contribution < 1.29 is 4.79 Å². The molecule has 0 radical (unpaired) electrons. The minimum Gasteiger partial charge on any atom is -0.349 e. The van der Waals surface area contributed by atoms with Gasteiger partial charge in [0.1, 0.15) is 11.5 Å². The van der Waals surface area contributed by atoms with E-state index in [0.29, 0.717) is 18.2 Å². The lowest BCUT2D eigenvalue weighted by molar-refractivity contribution is 0.0934. The molecule has 0 saturated carbocycles. The fourth-order valence-corrected chi connectivity index (χ4v) is 4.24. The summed E-state index contributed by atoms with van der Waals surface area (Å²) >= 11 is 0. The maximum absolute atomic E-state index is 12.6. The molecule has 0 fully saturated rings. The fraction of sp³-hybridized carbons (Fsp3) is 0.280. The third-order valence-corrected chi connectivity index (χ3v) is 6.01. The predicted octanol–water partition coefficient (Wildman–Crippen LogP) is 3.65. The van der Waals surface area contributed by atoms with E-state index in [4.69, 9.17) is 4.98 Å². The summed E-state index contributed by atoms with van der Waals surface area (Å²) in [6.45, 7) is 5.39. The molecule has 9 nitrogen and oxygen atoms in total. The van der Waals surface area contributed by atoms with Crippen LogP contribution in [0.2, 0.25) is 0 Å². The molecule has 3 aromatic heterocycles. The number of nitrogens with zero attached hydrogens (tertiary/aromatic N) is 5. The number of carbonyl (C=O) groups is 1. The van der Waals surface area contributed by atoms with Gasteiger partial charge in [0.15, 0.2) is 0 Å². The predicted molar refractivity (Wildman–Crippen MR) is 132 cm³/mol. The molecule has 0 aliphatic carbocycles. The van der Waals surface area contributed by atoms with Crippen molar-refractivity contribution >= 4 is 23.4 Å². The van der Waals surface area contributed by atoms with Gasteiger partial charge in [0.05, 0.1) is 12.7 Å². The van der Waals surface area contributed by atoms with E-state index in [-0.39, 0.29) is 11.9 Å². The van der Waals surface area contributed by atoms with Crippen LogP contribution in [0.15, 0.2) is 55.0 Å². The minimum atomic E-state index is -0.0420. The van der Waals surface area contributed by atoms with Gasteiger partial charge in [-0.25, -0.2) is 4.98 Å². The standard InChI is InChI=1S/C25H28N8O/c1-16(2)29-24(34)21-12-18-9-11-33(15-22(18)32(21)3)25-26-10-8-23(31-25)30-20-6-4-17(5-7-20)19-13-27-28-14-19/h4-8,10,12-14,16H,9,11,15H2,1-3H3,(H,27,28)(H,29,34)(H,26,30,31). The zero-order valence-corrected chi connectivity index (χ0v) is 19.5. The number of hydrogen-bond donors (Lipinski definition) is 3. The highest BCUT2D eigenvalue weighted by atomic mass is 16.2. The molecule has 1 aromatic carbocycles. The maximum Gasteiger partial charge on any atom is 0.268 e. The Morgan fingerprint density at radius 3 is 2.71 bits per heavy atom. The summed E-state index contributed by atoms with van der Waals surface area (Å²) in [5, 5.41) is 13.2. The Hall–Kier alpha value is -4.14. The van der Waals surface area contributed by atoms with Crippen LogP contribution in [0.3, 0.4) is 0 Å². The Kier molecular flexibility index (Phi) is 5.75. The topological polar surface area (TPSA) is 104 Å². The van der Waals surface area contributed by atoms with Crippen LogP contribution in [-0.2, 0) is 20.0 Å². The van der Waals surface area contributed by atoms with Gasteiger partial charge in [0.2, 0.25) is 5.95 Å². The Balaban J connectivity index is 1.31. The monoisotopic (exact) mass is 456 g/mol. The van der Waals surface area contributed by atoms with Crippen molar-refractivity contribution in [2.24, 2.45) is 7.05 Å². The van der Waals surface area contributed by atoms with E-state index >= 15 is 0 Å². The van der Waals surface area contributed by atoms with E-state index in [9.17, 15) is 4.79 Å². The van der Waals surface area contributed by atoms with Crippen molar-refractivity contribution in [3.05, 3.63) is 71.9 Å². The lowest BCUT2D eigenvalue weighted by atomic mass is 10.1. The van der Waals surface area contributed by atoms with E-state index in [2.05, 4.69) is 30.7 Å². The molecule has 174 valence electrons. The average Bonchev–Trinajstić information content (AvgIpc) is 3.48. The van der Waals surface area contributed by atoms with Gasteiger partial charge in [-0.1, -0.05) is 12.1 Å². The van der Waals surface area contributed by atoms with Crippen LogP contribution >= 0.6 is 0 Å². The third kappa shape index (κ3) is 4.36. The van der Waals surface area contributed by atoms with Gasteiger partial charge in [-0.05, 0) is 55.7 Å². The quantitative estimate of drug-likeness (QED) is 0.409. The van der Waals surface area contributed by atoms with E-state index in [1.165, 1.54) is 5.56 Å². The van der Waals surface area contributed by atoms with Gasteiger partial charge >= 0.3 is 0 Å².